The number of likely N-dealkylation sites (tertiary alicyclic amines) is 1. The Balaban J connectivity index is 1.48. The molecular formula is C20H23BN4S. The number of hydrogen-bond acceptors (Lipinski definition) is 5. The lowest BCUT2D eigenvalue weighted by Crippen LogP contribution is -2.29. The molecule has 26 heavy (non-hydrogen) atoms. The summed E-state index contributed by atoms with van der Waals surface area (Å²) in [4.78, 5) is 12.8. The number of hydrogen-bond donors (Lipinski definition) is 1. The van der Waals surface area contributed by atoms with Gasteiger partial charge in [-0.15, -0.1) is 11.3 Å². The minimum Gasteiger partial charge on any atom is -0.324 e. The lowest BCUT2D eigenvalue weighted by molar-refractivity contribution is 0.221. The second-order valence-electron chi connectivity index (χ2n) is 6.84. The highest BCUT2D eigenvalue weighted by Gasteiger charge is 2.11. The molecule has 1 saturated heterocycles. The number of thiophene rings is 1. The highest BCUT2D eigenvalue weighted by atomic mass is 32.1. The van der Waals surface area contributed by atoms with Crippen molar-refractivity contribution in [2.24, 2.45) is 0 Å². The molecule has 4 rings (SSSR count). The van der Waals surface area contributed by atoms with Crippen molar-refractivity contribution >= 4 is 35.6 Å². The van der Waals surface area contributed by atoms with Gasteiger partial charge in [-0.2, -0.15) is 0 Å². The fraction of sp³-hybridized carbons (Fsp3) is 0.300. The van der Waals surface area contributed by atoms with Gasteiger partial charge in [-0.1, -0.05) is 24.6 Å². The van der Waals surface area contributed by atoms with E-state index in [4.69, 9.17) is 0 Å². The van der Waals surface area contributed by atoms with Crippen LogP contribution in [0.1, 0.15) is 24.8 Å². The first-order chi connectivity index (χ1) is 12.8. The number of nitrogens with zero attached hydrogens (tertiary/aromatic N) is 3. The van der Waals surface area contributed by atoms with Gasteiger partial charge in [0, 0.05) is 18.4 Å². The SMILES string of the molecule is Bc1ccc(-c2ccnc(Nc3cccc(CN4CCCCC4)c3)n2)s1. The molecule has 0 atom stereocenters. The van der Waals surface area contributed by atoms with Crippen LogP contribution in [0.25, 0.3) is 10.6 Å². The first-order valence-corrected chi connectivity index (χ1v) is 10.1. The van der Waals surface area contributed by atoms with Gasteiger partial charge in [-0.05, 0) is 60.5 Å². The van der Waals surface area contributed by atoms with Gasteiger partial charge in [0.2, 0.25) is 5.95 Å². The van der Waals surface area contributed by atoms with E-state index in [0.717, 1.165) is 17.9 Å². The van der Waals surface area contributed by atoms with Crippen molar-refractivity contribution in [1.82, 2.24) is 14.9 Å². The quantitative estimate of drug-likeness (QED) is 0.708. The van der Waals surface area contributed by atoms with Gasteiger partial charge in [-0.25, -0.2) is 9.97 Å². The molecule has 0 aliphatic carbocycles. The maximum absolute atomic E-state index is 4.67. The second kappa shape index (κ2) is 8.02. The minimum absolute atomic E-state index is 0.642. The van der Waals surface area contributed by atoms with Crippen molar-refractivity contribution in [2.75, 3.05) is 18.4 Å². The lowest BCUT2D eigenvalue weighted by Gasteiger charge is -2.26. The fourth-order valence-corrected chi connectivity index (χ4v) is 4.22. The molecule has 0 saturated carbocycles. The van der Waals surface area contributed by atoms with E-state index in [9.17, 15) is 0 Å². The van der Waals surface area contributed by atoms with Crippen LogP contribution in [0, 0.1) is 0 Å². The average molecular weight is 362 g/mol. The average Bonchev–Trinajstić information content (AvgIpc) is 3.10. The molecule has 4 nitrogen and oxygen atoms in total. The van der Waals surface area contributed by atoms with Gasteiger partial charge in [0.05, 0.1) is 10.6 Å². The minimum atomic E-state index is 0.642. The summed E-state index contributed by atoms with van der Waals surface area (Å²) in [5.74, 6) is 0.642. The van der Waals surface area contributed by atoms with Crippen LogP contribution in [-0.4, -0.2) is 35.8 Å². The number of anilines is 2. The summed E-state index contributed by atoms with van der Waals surface area (Å²) in [6.45, 7) is 3.44. The van der Waals surface area contributed by atoms with Crippen LogP contribution >= 0.6 is 11.3 Å². The molecule has 1 aromatic carbocycles. The van der Waals surface area contributed by atoms with E-state index in [0.29, 0.717) is 5.95 Å². The molecule has 1 N–H and O–H groups in total. The standard InChI is InChI=1S/C20H23BN4S/c21-19-8-7-18(26-19)17-9-10-22-20(24-17)23-16-6-4-5-15(13-16)14-25-11-2-1-3-12-25/h4-10,13H,1-3,11-12,14,21H2,(H,22,23,24). The summed E-state index contributed by atoms with van der Waals surface area (Å²) in [7, 11) is 2.11. The van der Waals surface area contributed by atoms with Gasteiger partial charge in [0.15, 0.2) is 7.85 Å². The monoisotopic (exact) mass is 362 g/mol. The Labute approximate surface area is 159 Å². The summed E-state index contributed by atoms with van der Waals surface area (Å²) in [6.07, 6.45) is 5.83. The maximum Gasteiger partial charge on any atom is 0.227 e. The molecule has 132 valence electrons. The molecule has 1 fully saturated rings. The normalized spacial score (nSPS) is 15.1. The summed E-state index contributed by atoms with van der Waals surface area (Å²) < 4.78 is 1.29. The molecule has 0 bridgehead atoms. The van der Waals surface area contributed by atoms with Crippen LogP contribution in [-0.2, 0) is 6.54 Å². The summed E-state index contributed by atoms with van der Waals surface area (Å²) >= 11 is 1.75. The van der Waals surface area contributed by atoms with Crippen molar-refractivity contribution in [1.29, 1.82) is 0 Å². The van der Waals surface area contributed by atoms with Crippen molar-refractivity contribution < 1.29 is 0 Å². The smallest absolute Gasteiger partial charge is 0.227 e. The van der Waals surface area contributed by atoms with Crippen molar-refractivity contribution in [3.63, 3.8) is 0 Å². The number of nitrogens with one attached hydrogen (secondary N) is 1. The number of piperidine rings is 1. The van der Waals surface area contributed by atoms with Gasteiger partial charge in [0.1, 0.15) is 0 Å². The van der Waals surface area contributed by atoms with Crippen LogP contribution in [0.4, 0.5) is 11.6 Å². The zero-order valence-corrected chi connectivity index (χ0v) is 15.9. The maximum atomic E-state index is 4.67. The Hall–Kier alpha value is -2.18. The lowest BCUT2D eigenvalue weighted by atomic mass is 10.1. The molecule has 0 spiro atoms. The van der Waals surface area contributed by atoms with Crippen molar-refractivity contribution in [3.05, 3.63) is 54.2 Å². The topological polar surface area (TPSA) is 41.1 Å². The molecule has 2 aromatic heterocycles. The molecular weight excluding hydrogens is 339 g/mol. The molecule has 1 aliphatic rings. The highest BCUT2D eigenvalue weighted by Crippen LogP contribution is 2.23. The molecule has 6 heteroatoms. The first kappa shape index (κ1) is 17.2. The van der Waals surface area contributed by atoms with Crippen LogP contribution in [0.5, 0.6) is 0 Å². The summed E-state index contributed by atoms with van der Waals surface area (Å²) in [5.41, 5.74) is 3.34. The largest absolute Gasteiger partial charge is 0.324 e. The number of aromatic nitrogens is 2. The van der Waals surface area contributed by atoms with Crippen LogP contribution in [0.15, 0.2) is 48.7 Å². The van der Waals surface area contributed by atoms with Gasteiger partial charge < -0.3 is 5.32 Å². The predicted octanol–water partition coefficient (Wildman–Crippen LogP) is 3.19. The highest BCUT2D eigenvalue weighted by molar-refractivity contribution is 7.23. The van der Waals surface area contributed by atoms with Crippen LogP contribution < -0.4 is 10.1 Å². The molecule has 3 aromatic rings. The fourth-order valence-electron chi connectivity index (χ4n) is 3.38. The Morgan fingerprint density at radius 2 is 1.96 bits per heavy atom. The van der Waals surface area contributed by atoms with Crippen molar-refractivity contribution in [3.8, 4) is 10.6 Å². The van der Waals surface area contributed by atoms with E-state index in [1.165, 1.54) is 47.6 Å². The summed E-state index contributed by atoms with van der Waals surface area (Å²) in [6, 6.07) is 14.8. The summed E-state index contributed by atoms with van der Waals surface area (Å²) in [5, 5.41) is 3.36. The molecule has 0 amide bonds. The molecule has 0 unspecified atom stereocenters. The zero-order chi connectivity index (χ0) is 17.8. The molecule has 0 radical (unpaired) electrons. The Morgan fingerprint density at radius 1 is 1.08 bits per heavy atom. The van der Waals surface area contributed by atoms with Crippen molar-refractivity contribution in [2.45, 2.75) is 25.8 Å². The Morgan fingerprint density at radius 3 is 2.77 bits per heavy atom. The number of rotatable bonds is 5. The third kappa shape index (κ3) is 4.32. The van der Waals surface area contributed by atoms with E-state index in [2.05, 4.69) is 64.4 Å². The third-order valence-corrected chi connectivity index (χ3v) is 5.71. The van der Waals surface area contributed by atoms with Gasteiger partial charge >= 0.3 is 0 Å². The van der Waals surface area contributed by atoms with Crippen LogP contribution in [0.2, 0.25) is 0 Å². The predicted molar refractivity (Wildman–Crippen MR) is 112 cm³/mol. The van der Waals surface area contributed by atoms with Gasteiger partial charge in [-0.3, -0.25) is 4.90 Å². The van der Waals surface area contributed by atoms with E-state index >= 15 is 0 Å². The van der Waals surface area contributed by atoms with E-state index in [1.54, 1.807) is 11.3 Å². The third-order valence-electron chi connectivity index (χ3n) is 4.69. The second-order valence-corrected chi connectivity index (χ2v) is 8.13. The molecule has 3 heterocycles. The molecule has 1 aliphatic heterocycles. The first-order valence-electron chi connectivity index (χ1n) is 9.24. The van der Waals surface area contributed by atoms with Gasteiger partial charge in [0.25, 0.3) is 0 Å². The Bertz CT molecular complexity index is 874. The number of benzene rings is 1. The zero-order valence-electron chi connectivity index (χ0n) is 15.1. The van der Waals surface area contributed by atoms with E-state index in [-0.39, 0.29) is 0 Å². The van der Waals surface area contributed by atoms with E-state index < -0.39 is 0 Å². The van der Waals surface area contributed by atoms with Crippen LogP contribution in [0.3, 0.4) is 0 Å². The van der Waals surface area contributed by atoms with E-state index in [1.807, 2.05) is 12.3 Å². The Kier molecular flexibility index (Phi) is 5.32.